The van der Waals surface area contributed by atoms with Gasteiger partial charge >= 0.3 is 5.97 Å². The molecule has 0 aromatic heterocycles. The molecular weight excluding hydrogens is 278 g/mol. The summed E-state index contributed by atoms with van der Waals surface area (Å²) in [4.78, 5) is 11.3. The Morgan fingerprint density at radius 2 is 1.91 bits per heavy atom. The average Bonchev–Trinajstić information content (AvgIpc) is 2.53. The zero-order valence-corrected chi connectivity index (χ0v) is 12.5. The number of aromatic carboxylic acids is 1. The van der Waals surface area contributed by atoms with Gasteiger partial charge in [0.05, 0.1) is 17.0 Å². The van der Waals surface area contributed by atoms with Gasteiger partial charge in [-0.2, -0.15) is 5.26 Å². The predicted molar refractivity (Wildman–Crippen MR) is 82.8 cm³/mol. The van der Waals surface area contributed by atoms with E-state index in [1.165, 1.54) is 12.1 Å². The van der Waals surface area contributed by atoms with Gasteiger partial charge in [-0.15, -0.1) is 0 Å². The molecule has 0 amide bonds. The predicted octanol–water partition coefficient (Wildman–Crippen LogP) is 3.76. The second-order valence-corrected chi connectivity index (χ2v) is 5.56. The minimum atomic E-state index is -1.04. The lowest BCUT2D eigenvalue weighted by Gasteiger charge is -2.18. The molecule has 0 heterocycles. The fraction of sp³-hybridized carbons (Fsp3) is 0.222. The van der Waals surface area contributed by atoms with Crippen LogP contribution in [0.2, 0.25) is 0 Å². The molecule has 0 bridgehead atoms. The Morgan fingerprint density at radius 1 is 1.23 bits per heavy atom. The van der Waals surface area contributed by atoms with Gasteiger partial charge in [-0.05, 0) is 43.2 Å². The van der Waals surface area contributed by atoms with Crippen molar-refractivity contribution < 1.29 is 14.6 Å². The van der Waals surface area contributed by atoms with Crippen molar-refractivity contribution in [3.63, 3.8) is 0 Å². The number of hydrogen-bond acceptors (Lipinski definition) is 3. The molecule has 0 saturated heterocycles. The molecule has 0 radical (unpaired) electrons. The van der Waals surface area contributed by atoms with E-state index in [1.807, 2.05) is 30.3 Å². The summed E-state index contributed by atoms with van der Waals surface area (Å²) in [5, 5.41) is 18.5. The number of carbonyl (C=O) groups is 1. The van der Waals surface area contributed by atoms with Crippen molar-refractivity contribution in [2.24, 2.45) is 0 Å². The summed E-state index contributed by atoms with van der Waals surface area (Å²) in [6.07, 6.45) is 0. The molecule has 0 spiro atoms. The number of ether oxygens (including phenoxy) is 1. The van der Waals surface area contributed by atoms with E-state index >= 15 is 0 Å². The lowest BCUT2D eigenvalue weighted by atomic mass is 9.85. The maximum absolute atomic E-state index is 11.3. The minimum Gasteiger partial charge on any atom is -0.489 e. The molecule has 1 N–H and O–H groups in total. The normalized spacial score (nSPS) is 10.8. The zero-order valence-electron chi connectivity index (χ0n) is 12.5. The number of nitriles is 1. The van der Waals surface area contributed by atoms with Crippen LogP contribution in [0.3, 0.4) is 0 Å². The zero-order chi connectivity index (χ0) is 16.2. The molecule has 2 aromatic carbocycles. The van der Waals surface area contributed by atoms with Crippen LogP contribution in [0.15, 0.2) is 48.5 Å². The van der Waals surface area contributed by atoms with Gasteiger partial charge in [-0.3, -0.25) is 0 Å². The molecule has 4 nitrogen and oxygen atoms in total. The number of hydrogen-bond donors (Lipinski definition) is 1. The Kier molecular flexibility index (Phi) is 4.47. The van der Waals surface area contributed by atoms with Crippen molar-refractivity contribution in [3.8, 4) is 11.8 Å². The topological polar surface area (TPSA) is 70.3 Å². The number of rotatable bonds is 5. The molecule has 22 heavy (non-hydrogen) atoms. The highest BCUT2D eigenvalue weighted by atomic mass is 16.5. The van der Waals surface area contributed by atoms with E-state index in [1.54, 1.807) is 19.9 Å². The first-order valence-electron chi connectivity index (χ1n) is 6.89. The molecule has 112 valence electrons. The Balaban J connectivity index is 2.31. The van der Waals surface area contributed by atoms with Crippen LogP contribution in [0.5, 0.6) is 5.75 Å². The summed E-state index contributed by atoms with van der Waals surface area (Å²) in [6.45, 7) is 3.83. The van der Waals surface area contributed by atoms with Gasteiger partial charge in [0.2, 0.25) is 0 Å². The standard InChI is InChI=1S/C18H17NO3/c1-18(2,12-19)15-8-14(17(20)21)9-16(10-15)22-11-13-6-4-3-5-7-13/h3-10H,11H2,1-2H3,(H,20,21). The van der Waals surface area contributed by atoms with Crippen LogP contribution in [-0.2, 0) is 12.0 Å². The summed E-state index contributed by atoms with van der Waals surface area (Å²) in [5.41, 5.74) is 0.947. The van der Waals surface area contributed by atoms with Crippen molar-refractivity contribution in [3.05, 3.63) is 65.2 Å². The van der Waals surface area contributed by atoms with Crippen molar-refractivity contribution in [2.45, 2.75) is 25.9 Å². The number of carboxylic acids is 1. The van der Waals surface area contributed by atoms with Crippen molar-refractivity contribution in [1.82, 2.24) is 0 Å². The average molecular weight is 295 g/mol. The second-order valence-electron chi connectivity index (χ2n) is 5.56. The van der Waals surface area contributed by atoms with Crippen LogP contribution < -0.4 is 4.74 Å². The second kappa shape index (κ2) is 6.31. The molecule has 0 saturated carbocycles. The minimum absolute atomic E-state index is 0.115. The Hall–Kier alpha value is -2.80. The number of nitrogens with zero attached hydrogens (tertiary/aromatic N) is 1. The molecule has 0 fully saturated rings. The molecule has 0 aliphatic heterocycles. The van der Waals surface area contributed by atoms with Crippen LogP contribution in [-0.4, -0.2) is 11.1 Å². The van der Waals surface area contributed by atoms with Gasteiger partial charge in [0.1, 0.15) is 12.4 Å². The van der Waals surface area contributed by atoms with Gasteiger partial charge in [-0.25, -0.2) is 4.79 Å². The van der Waals surface area contributed by atoms with E-state index in [4.69, 9.17) is 4.74 Å². The Bertz CT molecular complexity index is 715. The van der Waals surface area contributed by atoms with Crippen LogP contribution in [0, 0.1) is 11.3 Å². The fourth-order valence-electron chi connectivity index (χ4n) is 1.97. The van der Waals surface area contributed by atoms with Gasteiger partial charge in [0.15, 0.2) is 0 Å². The first kappa shape index (κ1) is 15.6. The van der Waals surface area contributed by atoms with Crippen molar-refractivity contribution >= 4 is 5.97 Å². The van der Waals surface area contributed by atoms with E-state index in [0.29, 0.717) is 17.9 Å². The molecule has 2 aromatic rings. The maximum Gasteiger partial charge on any atom is 0.335 e. The molecular formula is C18H17NO3. The maximum atomic E-state index is 11.3. The molecule has 2 rings (SSSR count). The summed E-state index contributed by atoms with van der Waals surface area (Å²) in [6, 6.07) is 16.5. The van der Waals surface area contributed by atoms with Crippen molar-refractivity contribution in [2.75, 3.05) is 0 Å². The van der Waals surface area contributed by atoms with E-state index in [0.717, 1.165) is 5.56 Å². The lowest BCUT2D eigenvalue weighted by Crippen LogP contribution is -2.15. The monoisotopic (exact) mass is 295 g/mol. The third kappa shape index (κ3) is 3.64. The lowest BCUT2D eigenvalue weighted by molar-refractivity contribution is 0.0696. The van der Waals surface area contributed by atoms with E-state index in [9.17, 15) is 15.2 Å². The number of carboxylic acid groups (broad SMARTS) is 1. The van der Waals surface area contributed by atoms with Gasteiger partial charge in [0, 0.05) is 0 Å². The molecule has 0 unspecified atom stereocenters. The van der Waals surface area contributed by atoms with Crippen molar-refractivity contribution in [1.29, 1.82) is 5.26 Å². The van der Waals surface area contributed by atoms with Gasteiger partial charge in [-0.1, -0.05) is 30.3 Å². The molecule has 0 aliphatic rings. The van der Waals surface area contributed by atoms with Gasteiger partial charge < -0.3 is 9.84 Å². The quantitative estimate of drug-likeness (QED) is 0.911. The SMILES string of the molecule is CC(C)(C#N)c1cc(OCc2ccccc2)cc(C(=O)O)c1. The number of benzene rings is 2. The Labute approximate surface area is 129 Å². The molecule has 0 atom stereocenters. The van der Waals surface area contributed by atoms with Crippen LogP contribution in [0.25, 0.3) is 0 Å². The summed E-state index contributed by atoms with van der Waals surface area (Å²) in [7, 11) is 0. The largest absolute Gasteiger partial charge is 0.489 e. The van der Waals surface area contributed by atoms with Crippen LogP contribution in [0.1, 0.15) is 35.3 Å². The van der Waals surface area contributed by atoms with E-state index in [-0.39, 0.29) is 5.56 Å². The first-order chi connectivity index (χ1) is 10.4. The molecule has 4 heteroatoms. The van der Waals surface area contributed by atoms with E-state index < -0.39 is 11.4 Å². The highest BCUT2D eigenvalue weighted by molar-refractivity contribution is 5.88. The fourth-order valence-corrected chi connectivity index (χ4v) is 1.97. The summed E-state index contributed by atoms with van der Waals surface area (Å²) in [5.74, 6) is -0.595. The Morgan fingerprint density at radius 3 is 2.50 bits per heavy atom. The van der Waals surface area contributed by atoms with Crippen LogP contribution in [0.4, 0.5) is 0 Å². The highest BCUT2D eigenvalue weighted by Crippen LogP contribution is 2.28. The third-order valence-corrected chi connectivity index (χ3v) is 3.40. The smallest absolute Gasteiger partial charge is 0.335 e. The first-order valence-corrected chi connectivity index (χ1v) is 6.89. The molecule has 0 aliphatic carbocycles. The van der Waals surface area contributed by atoms with E-state index in [2.05, 4.69) is 6.07 Å². The summed E-state index contributed by atoms with van der Waals surface area (Å²) >= 11 is 0. The van der Waals surface area contributed by atoms with Gasteiger partial charge in [0.25, 0.3) is 0 Å². The third-order valence-electron chi connectivity index (χ3n) is 3.40. The van der Waals surface area contributed by atoms with Crippen LogP contribution >= 0.6 is 0 Å². The summed E-state index contributed by atoms with van der Waals surface area (Å²) < 4.78 is 5.69. The highest BCUT2D eigenvalue weighted by Gasteiger charge is 2.22.